The number of carboxylic acid groups (broad SMARTS) is 1. The lowest BCUT2D eigenvalue weighted by Gasteiger charge is -2.23. The molecule has 1 aliphatic rings. The van der Waals surface area contributed by atoms with Crippen molar-refractivity contribution in [2.24, 2.45) is 0 Å². The Bertz CT molecular complexity index is 403. The standard InChI is InChI=1S/C9H8N2O3/c12-8-7(9(13)14)10-5-3-1-2-4-6(5)11-8/h1-4,7,10H,(H,11,12)(H,13,14)/t7-/m1/s1. The van der Waals surface area contributed by atoms with Crippen LogP contribution in [0.25, 0.3) is 0 Å². The molecule has 2 rings (SSSR count). The fourth-order valence-electron chi connectivity index (χ4n) is 1.32. The monoisotopic (exact) mass is 192 g/mol. The average Bonchev–Trinajstić information content (AvgIpc) is 2.16. The van der Waals surface area contributed by atoms with Gasteiger partial charge in [-0.2, -0.15) is 0 Å². The highest BCUT2D eigenvalue weighted by molar-refractivity contribution is 6.13. The number of hydrogen-bond donors (Lipinski definition) is 3. The highest BCUT2D eigenvalue weighted by atomic mass is 16.4. The molecule has 1 aromatic rings. The van der Waals surface area contributed by atoms with Crippen LogP contribution in [0.15, 0.2) is 24.3 Å². The number of carboxylic acids is 1. The number of nitrogens with one attached hydrogen (secondary N) is 2. The molecule has 0 saturated carbocycles. The van der Waals surface area contributed by atoms with Gasteiger partial charge in [0.2, 0.25) is 6.04 Å². The number of anilines is 2. The van der Waals surface area contributed by atoms with Gasteiger partial charge in [0.15, 0.2) is 0 Å². The molecule has 0 radical (unpaired) electrons. The molecule has 5 heteroatoms. The van der Waals surface area contributed by atoms with Crippen molar-refractivity contribution in [3.63, 3.8) is 0 Å². The first-order valence-corrected chi connectivity index (χ1v) is 4.08. The van der Waals surface area contributed by atoms with Crippen molar-refractivity contribution in [3.8, 4) is 0 Å². The van der Waals surface area contributed by atoms with Crippen molar-refractivity contribution in [2.45, 2.75) is 6.04 Å². The summed E-state index contributed by atoms with van der Waals surface area (Å²) in [6.07, 6.45) is 0. The molecule has 1 aromatic carbocycles. The fourth-order valence-corrected chi connectivity index (χ4v) is 1.32. The third kappa shape index (κ3) is 1.28. The van der Waals surface area contributed by atoms with Gasteiger partial charge in [0.05, 0.1) is 11.4 Å². The summed E-state index contributed by atoms with van der Waals surface area (Å²) in [5.74, 6) is -1.73. The molecule has 0 unspecified atom stereocenters. The topological polar surface area (TPSA) is 78.4 Å². The molecule has 0 aliphatic carbocycles. The minimum atomic E-state index is -1.20. The van der Waals surface area contributed by atoms with Gasteiger partial charge >= 0.3 is 5.97 Å². The number of carbonyl (C=O) groups is 2. The predicted molar refractivity (Wildman–Crippen MR) is 50.1 cm³/mol. The van der Waals surface area contributed by atoms with Crippen LogP contribution in [0, 0.1) is 0 Å². The van der Waals surface area contributed by atoms with Crippen LogP contribution in [0.4, 0.5) is 11.4 Å². The van der Waals surface area contributed by atoms with Crippen LogP contribution in [-0.4, -0.2) is 23.0 Å². The molecule has 0 aromatic heterocycles. The summed E-state index contributed by atoms with van der Waals surface area (Å²) in [6.45, 7) is 0. The van der Waals surface area contributed by atoms with Crippen molar-refractivity contribution in [1.29, 1.82) is 0 Å². The van der Waals surface area contributed by atoms with Gasteiger partial charge in [0.1, 0.15) is 0 Å². The van der Waals surface area contributed by atoms with E-state index in [2.05, 4.69) is 10.6 Å². The highest BCUT2D eigenvalue weighted by Gasteiger charge is 2.30. The molecule has 0 fully saturated rings. The number of fused-ring (bicyclic) bond motifs is 1. The predicted octanol–water partition coefficient (Wildman–Crippen LogP) is 0.504. The van der Waals surface area contributed by atoms with Crippen LogP contribution in [0.3, 0.4) is 0 Å². The minimum Gasteiger partial charge on any atom is -0.479 e. The largest absolute Gasteiger partial charge is 0.479 e. The van der Waals surface area contributed by atoms with Crippen LogP contribution in [-0.2, 0) is 9.59 Å². The smallest absolute Gasteiger partial charge is 0.336 e. The summed E-state index contributed by atoms with van der Waals surface area (Å²) in [7, 11) is 0. The Labute approximate surface area is 79.7 Å². The van der Waals surface area contributed by atoms with Crippen LogP contribution >= 0.6 is 0 Å². The van der Waals surface area contributed by atoms with Gasteiger partial charge in [0, 0.05) is 0 Å². The van der Waals surface area contributed by atoms with E-state index in [9.17, 15) is 9.59 Å². The Morgan fingerprint density at radius 2 is 1.93 bits per heavy atom. The van der Waals surface area contributed by atoms with E-state index in [0.29, 0.717) is 11.4 Å². The third-order valence-electron chi connectivity index (χ3n) is 1.99. The lowest BCUT2D eigenvalue weighted by Crippen LogP contribution is -2.44. The number of rotatable bonds is 1. The van der Waals surface area contributed by atoms with Crippen LogP contribution in [0.2, 0.25) is 0 Å². The molecule has 72 valence electrons. The number of benzene rings is 1. The summed E-state index contributed by atoms with van der Waals surface area (Å²) in [5.41, 5.74) is 1.23. The van der Waals surface area contributed by atoms with E-state index in [1.807, 2.05) is 0 Å². The number of para-hydroxylation sites is 2. The van der Waals surface area contributed by atoms with Crippen molar-refractivity contribution >= 4 is 23.3 Å². The second kappa shape index (κ2) is 3.02. The first-order chi connectivity index (χ1) is 6.68. The molecule has 1 aliphatic heterocycles. The van der Waals surface area contributed by atoms with Crippen molar-refractivity contribution < 1.29 is 14.7 Å². The number of carbonyl (C=O) groups excluding carboxylic acids is 1. The van der Waals surface area contributed by atoms with Gasteiger partial charge in [-0.1, -0.05) is 12.1 Å². The Morgan fingerprint density at radius 3 is 2.57 bits per heavy atom. The van der Waals surface area contributed by atoms with Gasteiger partial charge in [-0.05, 0) is 12.1 Å². The van der Waals surface area contributed by atoms with E-state index in [1.165, 1.54) is 0 Å². The Morgan fingerprint density at radius 1 is 1.29 bits per heavy atom. The Kier molecular flexibility index (Phi) is 1.85. The second-order valence-electron chi connectivity index (χ2n) is 2.95. The van der Waals surface area contributed by atoms with Crippen molar-refractivity contribution in [1.82, 2.24) is 0 Å². The molecule has 5 nitrogen and oxygen atoms in total. The van der Waals surface area contributed by atoms with Crippen LogP contribution in [0.5, 0.6) is 0 Å². The Hall–Kier alpha value is -2.04. The zero-order valence-electron chi connectivity index (χ0n) is 7.15. The zero-order valence-corrected chi connectivity index (χ0v) is 7.15. The molecular weight excluding hydrogens is 184 g/mol. The van der Waals surface area contributed by atoms with Gasteiger partial charge in [-0.3, -0.25) is 4.79 Å². The molecular formula is C9H8N2O3. The lowest BCUT2D eigenvalue weighted by molar-refractivity contribution is -0.140. The fraction of sp³-hybridized carbons (Fsp3) is 0.111. The molecule has 14 heavy (non-hydrogen) atoms. The molecule has 1 heterocycles. The zero-order chi connectivity index (χ0) is 10.1. The van der Waals surface area contributed by atoms with E-state index in [0.717, 1.165) is 0 Å². The molecule has 1 atom stereocenters. The summed E-state index contributed by atoms with van der Waals surface area (Å²) < 4.78 is 0. The normalized spacial score (nSPS) is 19.1. The second-order valence-corrected chi connectivity index (χ2v) is 2.95. The van der Waals surface area contributed by atoms with Crippen LogP contribution < -0.4 is 10.6 Å². The minimum absolute atomic E-state index is 0.545. The number of hydrogen-bond acceptors (Lipinski definition) is 3. The van der Waals surface area contributed by atoms with E-state index >= 15 is 0 Å². The SMILES string of the molecule is O=C(O)[C@@H]1Nc2ccccc2NC1=O. The van der Waals surface area contributed by atoms with Gasteiger partial charge in [0.25, 0.3) is 5.91 Å². The highest BCUT2D eigenvalue weighted by Crippen LogP contribution is 2.25. The summed E-state index contributed by atoms with van der Waals surface area (Å²) in [6, 6.07) is 5.75. The van der Waals surface area contributed by atoms with E-state index in [4.69, 9.17) is 5.11 Å². The van der Waals surface area contributed by atoms with Gasteiger partial charge < -0.3 is 15.7 Å². The molecule has 0 saturated heterocycles. The molecule has 3 N–H and O–H groups in total. The first-order valence-electron chi connectivity index (χ1n) is 4.08. The van der Waals surface area contributed by atoms with Crippen LogP contribution in [0.1, 0.15) is 0 Å². The summed E-state index contributed by atoms with van der Waals surface area (Å²) in [4.78, 5) is 21.9. The molecule has 0 bridgehead atoms. The quantitative estimate of drug-likeness (QED) is 0.566. The lowest BCUT2D eigenvalue weighted by atomic mass is 10.1. The van der Waals surface area contributed by atoms with E-state index < -0.39 is 17.9 Å². The number of aliphatic carboxylic acids is 1. The number of amides is 1. The van der Waals surface area contributed by atoms with Gasteiger partial charge in [-0.25, -0.2) is 4.79 Å². The average molecular weight is 192 g/mol. The maximum Gasteiger partial charge on any atom is 0.336 e. The van der Waals surface area contributed by atoms with Crippen molar-refractivity contribution in [2.75, 3.05) is 10.6 Å². The summed E-state index contributed by atoms with van der Waals surface area (Å²) in [5, 5.41) is 13.9. The Balaban J connectivity index is 2.36. The third-order valence-corrected chi connectivity index (χ3v) is 1.99. The maximum atomic E-state index is 11.2. The van der Waals surface area contributed by atoms with Gasteiger partial charge in [-0.15, -0.1) is 0 Å². The van der Waals surface area contributed by atoms with E-state index in [1.54, 1.807) is 24.3 Å². The van der Waals surface area contributed by atoms with E-state index in [-0.39, 0.29) is 0 Å². The first kappa shape index (κ1) is 8.55. The molecule has 0 spiro atoms. The van der Waals surface area contributed by atoms with Crippen molar-refractivity contribution in [3.05, 3.63) is 24.3 Å². The molecule has 1 amide bonds. The summed E-state index contributed by atoms with van der Waals surface area (Å²) >= 11 is 0. The maximum absolute atomic E-state index is 11.2.